The summed E-state index contributed by atoms with van der Waals surface area (Å²) in [7, 11) is 0. The molecule has 1 unspecified atom stereocenters. The number of aliphatic imine (C=N–C) groups is 1. The summed E-state index contributed by atoms with van der Waals surface area (Å²) in [5, 5.41) is 6.73. The van der Waals surface area contributed by atoms with Gasteiger partial charge in [-0.1, -0.05) is 27.7 Å². The third kappa shape index (κ3) is 6.19. The molecule has 0 saturated carbocycles. The van der Waals surface area contributed by atoms with Gasteiger partial charge in [0.1, 0.15) is 12.4 Å². The van der Waals surface area contributed by atoms with Crippen LogP contribution in [0.4, 0.5) is 0 Å². The Balaban J connectivity index is 2.71. The molecule has 0 amide bonds. The Labute approximate surface area is 129 Å². The SMILES string of the molecule is CCNC(=NCc1nccn1CC(C)C)NC(C)C(C)C. The molecular formula is C16H31N5. The largest absolute Gasteiger partial charge is 0.357 e. The number of hydrogen-bond acceptors (Lipinski definition) is 2. The zero-order valence-electron chi connectivity index (χ0n) is 14.3. The van der Waals surface area contributed by atoms with E-state index in [0.717, 1.165) is 24.9 Å². The highest BCUT2D eigenvalue weighted by molar-refractivity contribution is 5.80. The van der Waals surface area contributed by atoms with Crippen LogP contribution in [0.5, 0.6) is 0 Å². The summed E-state index contributed by atoms with van der Waals surface area (Å²) in [6.45, 7) is 15.5. The third-order valence-electron chi connectivity index (χ3n) is 3.45. The van der Waals surface area contributed by atoms with Gasteiger partial charge in [-0.3, -0.25) is 0 Å². The second-order valence-electron chi connectivity index (χ2n) is 6.26. The minimum absolute atomic E-state index is 0.387. The lowest BCUT2D eigenvalue weighted by molar-refractivity contribution is 0.480. The van der Waals surface area contributed by atoms with Crippen molar-refractivity contribution in [3.63, 3.8) is 0 Å². The summed E-state index contributed by atoms with van der Waals surface area (Å²) in [6.07, 6.45) is 3.88. The van der Waals surface area contributed by atoms with Crippen molar-refractivity contribution in [3.8, 4) is 0 Å². The van der Waals surface area contributed by atoms with Gasteiger partial charge in [0, 0.05) is 31.5 Å². The Kier molecular flexibility index (Phi) is 7.26. The summed E-state index contributed by atoms with van der Waals surface area (Å²) in [6, 6.07) is 0.387. The summed E-state index contributed by atoms with van der Waals surface area (Å²) in [4.78, 5) is 9.07. The van der Waals surface area contributed by atoms with Crippen LogP contribution in [0.25, 0.3) is 0 Å². The zero-order chi connectivity index (χ0) is 15.8. The first-order chi connectivity index (χ1) is 9.93. The average Bonchev–Trinajstić information content (AvgIpc) is 2.82. The van der Waals surface area contributed by atoms with E-state index in [9.17, 15) is 0 Å². The highest BCUT2D eigenvalue weighted by atomic mass is 15.2. The van der Waals surface area contributed by atoms with E-state index in [1.807, 2.05) is 12.4 Å². The van der Waals surface area contributed by atoms with Gasteiger partial charge in [0.2, 0.25) is 0 Å². The molecule has 0 aliphatic heterocycles. The van der Waals surface area contributed by atoms with Crippen molar-refractivity contribution in [2.45, 2.75) is 60.7 Å². The van der Waals surface area contributed by atoms with Gasteiger partial charge in [0.25, 0.3) is 0 Å². The van der Waals surface area contributed by atoms with Crippen molar-refractivity contribution in [3.05, 3.63) is 18.2 Å². The third-order valence-corrected chi connectivity index (χ3v) is 3.45. The van der Waals surface area contributed by atoms with E-state index in [0.29, 0.717) is 24.4 Å². The summed E-state index contributed by atoms with van der Waals surface area (Å²) >= 11 is 0. The molecule has 0 aliphatic rings. The van der Waals surface area contributed by atoms with Crippen molar-refractivity contribution in [2.75, 3.05) is 6.54 Å². The monoisotopic (exact) mass is 293 g/mol. The van der Waals surface area contributed by atoms with E-state index in [1.54, 1.807) is 0 Å². The van der Waals surface area contributed by atoms with Gasteiger partial charge in [-0.05, 0) is 25.7 Å². The Hall–Kier alpha value is -1.52. The van der Waals surface area contributed by atoms with E-state index in [1.165, 1.54) is 0 Å². The quantitative estimate of drug-likeness (QED) is 0.600. The molecule has 120 valence electrons. The number of rotatable bonds is 7. The standard InChI is InChI=1S/C16H31N5/c1-7-17-16(20-14(6)13(4)5)19-10-15-18-8-9-21(15)11-12(2)3/h8-9,12-14H,7,10-11H2,1-6H3,(H2,17,19,20). The molecule has 1 aromatic heterocycles. The lowest BCUT2D eigenvalue weighted by Gasteiger charge is -2.20. The first-order valence-electron chi connectivity index (χ1n) is 7.98. The molecule has 0 aliphatic carbocycles. The van der Waals surface area contributed by atoms with Crippen molar-refractivity contribution < 1.29 is 0 Å². The van der Waals surface area contributed by atoms with Crippen LogP contribution in [-0.2, 0) is 13.1 Å². The van der Waals surface area contributed by atoms with Crippen LogP contribution in [0.15, 0.2) is 17.4 Å². The van der Waals surface area contributed by atoms with E-state index in [4.69, 9.17) is 0 Å². The van der Waals surface area contributed by atoms with E-state index in [2.05, 4.69) is 66.7 Å². The van der Waals surface area contributed by atoms with Crippen LogP contribution in [-0.4, -0.2) is 28.1 Å². The number of nitrogens with one attached hydrogen (secondary N) is 2. The Bertz CT molecular complexity index is 434. The van der Waals surface area contributed by atoms with Crippen LogP contribution in [0, 0.1) is 11.8 Å². The van der Waals surface area contributed by atoms with Gasteiger partial charge in [-0.25, -0.2) is 9.98 Å². The van der Waals surface area contributed by atoms with Gasteiger partial charge in [-0.15, -0.1) is 0 Å². The maximum Gasteiger partial charge on any atom is 0.191 e. The van der Waals surface area contributed by atoms with Crippen molar-refractivity contribution >= 4 is 5.96 Å². The first kappa shape index (κ1) is 17.5. The first-order valence-corrected chi connectivity index (χ1v) is 7.98. The lowest BCUT2D eigenvalue weighted by atomic mass is 10.1. The minimum Gasteiger partial charge on any atom is -0.357 e. The Morgan fingerprint density at radius 1 is 1.29 bits per heavy atom. The number of hydrogen-bond donors (Lipinski definition) is 2. The van der Waals surface area contributed by atoms with Crippen LogP contribution in [0.3, 0.4) is 0 Å². The van der Waals surface area contributed by atoms with Crippen LogP contribution in [0.2, 0.25) is 0 Å². The van der Waals surface area contributed by atoms with E-state index < -0.39 is 0 Å². The molecule has 1 atom stereocenters. The summed E-state index contributed by atoms with van der Waals surface area (Å²) < 4.78 is 2.18. The number of guanidine groups is 1. The molecule has 0 fully saturated rings. The molecule has 0 bridgehead atoms. The maximum atomic E-state index is 4.66. The lowest BCUT2D eigenvalue weighted by Crippen LogP contribution is -2.44. The second kappa shape index (κ2) is 8.70. The molecule has 0 aromatic carbocycles. The molecule has 1 aromatic rings. The maximum absolute atomic E-state index is 4.66. The number of nitrogens with zero attached hydrogens (tertiary/aromatic N) is 3. The van der Waals surface area contributed by atoms with Crippen LogP contribution < -0.4 is 10.6 Å². The molecule has 5 nitrogen and oxygen atoms in total. The van der Waals surface area contributed by atoms with Gasteiger partial charge in [-0.2, -0.15) is 0 Å². The van der Waals surface area contributed by atoms with Crippen LogP contribution in [0.1, 0.15) is 47.4 Å². The second-order valence-corrected chi connectivity index (χ2v) is 6.26. The molecule has 0 spiro atoms. The number of imidazole rings is 1. The Morgan fingerprint density at radius 3 is 2.57 bits per heavy atom. The predicted octanol–water partition coefficient (Wildman–Crippen LogP) is 2.64. The van der Waals surface area contributed by atoms with Crippen LogP contribution >= 0.6 is 0 Å². The van der Waals surface area contributed by atoms with Gasteiger partial charge in [0.15, 0.2) is 5.96 Å². The smallest absolute Gasteiger partial charge is 0.191 e. The van der Waals surface area contributed by atoms with Crippen molar-refractivity contribution in [1.29, 1.82) is 0 Å². The van der Waals surface area contributed by atoms with Gasteiger partial charge in [0.05, 0.1) is 0 Å². The van der Waals surface area contributed by atoms with Gasteiger partial charge < -0.3 is 15.2 Å². The molecular weight excluding hydrogens is 262 g/mol. The Morgan fingerprint density at radius 2 is 2.00 bits per heavy atom. The summed E-state index contributed by atoms with van der Waals surface area (Å²) in [5.74, 6) is 3.04. The topological polar surface area (TPSA) is 54.2 Å². The predicted molar refractivity (Wildman–Crippen MR) is 89.3 cm³/mol. The van der Waals surface area contributed by atoms with Crippen molar-refractivity contribution in [2.24, 2.45) is 16.8 Å². The zero-order valence-corrected chi connectivity index (χ0v) is 14.3. The fourth-order valence-electron chi connectivity index (χ4n) is 1.90. The molecule has 0 saturated heterocycles. The highest BCUT2D eigenvalue weighted by Crippen LogP contribution is 2.05. The minimum atomic E-state index is 0.387. The van der Waals surface area contributed by atoms with Crippen molar-refractivity contribution in [1.82, 2.24) is 20.2 Å². The fourth-order valence-corrected chi connectivity index (χ4v) is 1.90. The normalized spacial score (nSPS) is 13.8. The highest BCUT2D eigenvalue weighted by Gasteiger charge is 2.09. The average molecular weight is 293 g/mol. The molecule has 5 heteroatoms. The molecule has 21 heavy (non-hydrogen) atoms. The molecule has 0 radical (unpaired) electrons. The number of aromatic nitrogens is 2. The molecule has 1 heterocycles. The molecule has 2 N–H and O–H groups in total. The summed E-state index contributed by atoms with van der Waals surface area (Å²) in [5.41, 5.74) is 0. The van der Waals surface area contributed by atoms with E-state index in [-0.39, 0.29) is 0 Å². The van der Waals surface area contributed by atoms with E-state index >= 15 is 0 Å². The fraction of sp³-hybridized carbons (Fsp3) is 0.750. The molecule has 1 rings (SSSR count). The van der Waals surface area contributed by atoms with Gasteiger partial charge >= 0.3 is 0 Å².